The summed E-state index contributed by atoms with van der Waals surface area (Å²) in [4.78, 5) is 26.5. The van der Waals surface area contributed by atoms with Gasteiger partial charge < -0.3 is 5.32 Å². The fraction of sp³-hybridized carbons (Fsp3) is 0.0526. The summed E-state index contributed by atoms with van der Waals surface area (Å²) in [6.45, 7) is 0.417. The highest BCUT2D eigenvalue weighted by molar-refractivity contribution is 7.16. The lowest BCUT2D eigenvalue weighted by molar-refractivity contribution is -0.116. The van der Waals surface area contributed by atoms with E-state index in [1.807, 2.05) is 60.0 Å². The maximum atomic E-state index is 12.2. The Hall–Kier alpha value is -2.50. The van der Waals surface area contributed by atoms with E-state index in [9.17, 15) is 9.59 Å². The molecule has 0 aliphatic rings. The average molecular weight is 353 g/mol. The first-order chi connectivity index (χ1) is 11.7. The van der Waals surface area contributed by atoms with Gasteiger partial charge in [0.25, 0.3) is 0 Å². The average Bonchev–Trinajstić information content (AvgIpc) is 3.30. The van der Waals surface area contributed by atoms with Crippen molar-refractivity contribution in [1.29, 1.82) is 0 Å². The van der Waals surface area contributed by atoms with Crippen LogP contribution in [0.2, 0.25) is 0 Å². The molecule has 0 aliphatic carbocycles. The van der Waals surface area contributed by atoms with Gasteiger partial charge in [0, 0.05) is 11.0 Å². The number of hydrogen-bond donors (Lipinski definition) is 1. The van der Waals surface area contributed by atoms with Crippen molar-refractivity contribution in [2.75, 3.05) is 0 Å². The molecule has 24 heavy (non-hydrogen) atoms. The zero-order chi connectivity index (χ0) is 16.8. The van der Waals surface area contributed by atoms with E-state index in [4.69, 9.17) is 0 Å². The van der Waals surface area contributed by atoms with Gasteiger partial charge in [0.05, 0.1) is 16.3 Å². The zero-order valence-corrected chi connectivity index (χ0v) is 14.4. The predicted molar refractivity (Wildman–Crippen MR) is 99.4 cm³/mol. The number of hydrogen-bond acceptors (Lipinski definition) is 4. The lowest BCUT2D eigenvalue weighted by Crippen LogP contribution is -2.19. The monoisotopic (exact) mass is 353 g/mol. The first-order valence-corrected chi connectivity index (χ1v) is 9.10. The van der Waals surface area contributed by atoms with Crippen LogP contribution in [-0.2, 0) is 11.3 Å². The van der Waals surface area contributed by atoms with Crippen molar-refractivity contribution in [3.05, 3.63) is 86.2 Å². The quantitative estimate of drug-likeness (QED) is 0.528. The van der Waals surface area contributed by atoms with Crippen molar-refractivity contribution in [3.63, 3.8) is 0 Å². The van der Waals surface area contributed by atoms with Gasteiger partial charge in [0.2, 0.25) is 11.7 Å². The third-order valence-electron chi connectivity index (χ3n) is 3.29. The first kappa shape index (κ1) is 16.4. The summed E-state index contributed by atoms with van der Waals surface area (Å²) >= 11 is 2.85. The van der Waals surface area contributed by atoms with Gasteiger partial charge >= 0.3 is 0 Å². The Bertz CT molecular complexity index is 849. The minimum Gasteiger partial charge on any atom is -0.348 e. The molecule has 0 radical (unpaired) electrons. The SMILES string of the molecule is O=C(/C=C/c1ccccc1)NCc1ccc(C(=O)c2cccs2)s1. The summed E-state index contributed by atoms with van der Waals surface area (Å²) in [7, 11) is 0. The molecule has 0 atom stereocenters. The number of nitrogens with one attached hydrogen (secondary N) is 1. The van der Waals surface area contributed by atoms with Crippen LogP contribution in [0, 0.1) is 0 Å². The van der Waals surface area contributed by atoms with Crippen molar-refractivity contribution < 1.29 is 9.59 Å². The third-order valence-corrected chi connectivity index (χ3v) is 5.25. The molecule has 2 heterocycles. The number of amides is 1. The van der Waals surface area contributed by atoms with Crippen LogP contribution in [0.15, 0.2) is 66.1 Å². The molecule has 1 aromatic carbocycles. The molecule has 5 heteroatoms. The van der Waals surface area contributed by atoms with E-state index >= 15 is 0 Å². The summed E-state index contributed by atoms with van der Waals surface area (Å²) in [5, 5.41) is 4.72. The molecule has 2 aromatic heterocycles. The molecular weight excluding hydrogens is 338 g/mol. The van der Waals surface area contributed by atoms with Crippen LogP contribution < -0.4 is 5.32 Å². The van der Waals surface area contributed by atoms with Gasteiger partial charge in [-0.15, -0.1) is 22.7 Å². The van der Waals surface area contributed by atoms with Crippen molar-refractivity contribution in [3.8, 4) is 0 Å². The molecule has 0 saturated heterocycles. The van der Waals surface area contributed by atoms with Crippen molar-refractivity contribution >= 4 is 40.4 Å². The van der Waals surface area contributed by atoms with Gasteiger partial charge in [-0.2, -0.15) is 0 Å². The molecule has 0 fully saturated rings. The third kappa shape index (κ3) is 4.28. The second-order valence-corrected chi connectivity index (χ2v) is 7.15. The highest BCUT2D eigenvalue weighted by atomic mass is 32.1. The minimum atomic E-state index is -0.154. The van der Waals surface area contributed by atoms with Gasteiger partial charge in [0.15, 0.2) is 0 Å². The molecule has 0 unspecified atom stereocenters. The van der Waals surface area contributed by atoms with Crippen molar-refractivity contribution in [1.82, 2.24) is 5.32 Å². The molecular formula is C19H15NO2S2. The summed E-state index contributed by atoms with van der Waals surface area (Å²) in [5.74, 6) is -0.116. The second kappa shape index (κ2) is 7.86. The van der Waals surface area contributed by atoms with Gasteiger partial charge in [-0.1, -0.05) is 36.4 Å². The van der Waals surface area contributed by atoms with Crippen LogP contribution in [0.3, 0.4) is 0 Å². The number of rotatable bonds is 6. The summed E-state index contributed by atoms with van der Waals surface area (Å²) in [5.41, 5.74) is 0.979. The molecule has 0 bridgehead atoms. The van der Waals surface area contributed by atoms with E-state index in [0.29, 0.717) is 11.4 Å². The molecule has 3 rings (SSSR count). The van der Waals surface area contributed by atoms with Crippen molar-refractivity contribution in [2.45, 2.75) is 6.54 Å². The normalized spacial score (nSPS) is 10.8. The van der Waals surface area contributed by atoms with E-state index in [1.54, 1.807) is 6.08 Å². The zero-order valence-electron chi connectivity index (χ0n) is 12.8. The molecule has 3 nitrogen and oxygen atoms in total. The Morgan fingerprint density at radius 2 is 1.79 bits per heavy atom. The largest absolute Gasteiger partial charge is 0.348 e. The van der Waals surface area contributed by atoms with Crippen LogP contribution in [0.1, 0.15) is 25.0 Å². The van der Waals surface area contributed by atoms with E-state index in [1.165, 1.54) is 28.7 Å². The van der Waals surface area contributed by atoms with Crippen molar-refractivity contribution in [2.24, 2.45) is 0 Å². The number of carbonyl (C=O) groups is 2. The summed E-state index contributed by atoms with van der Waals surface area (Å²) < 4.78 is 0. The number of carbonyl (C=O) groups excluding carboxylic acids is 2. The Labute approximate surface area is 148 Å². The maximum absolute atomic E-state index is 12.2. The summed E-state index contributed by atoms with van der Waals surface area (Å²) in [6.07, 6.45) is 3.29. The fourth-order valence-corrected chi connectivity index (χ4v) is 3.74. The molecule has 3 aromatic rings. The lowest BCUT2D eigenvalue weighted by atomic mass is 10.2. The number of thiophene rings is 2. The van der Waals surface area contributed by atoms with E-state index in [2.05, 4.69) is 5.32 Å². The lowest BCUT2D eigenvalue weighted by Gasteiger charge is -1.99. The Balaban J connectivity index is 1.55. The highest BCUT2D eigenvalue weighted by Crippen LogP contribution is 2.22. The standard InChI is InChI=1S/C19H15NO2S2/c21-18(11-8-14-5-2-1-3-6-14)20-13-15-9-10-17(24-15)19(22)16-7-4-12-23-16/h1-12H,13H2,(H,20,21)/b11-8+. The van der Waals surface area contributed by atoms with Crippen LogP contribution in [0.5, 0.6) is 0 Å². The number of ketones is 1. The number of benzene rings is 1. The van der Waals surface area contributed by atoms with Crippen LogP contribution in [-0.4, -0.2) is 11.7 Å². The highest BCUT2D eigenvalue weighted by Gasteiger charge is 2.12. The Kier molecular flexibility index (Phi) is 5.36. The Morgan fingerprint density at radius 3 is 2.54 bits per heavy atom. The topological polar surface area (TPSA) is 46.2 Å². The van der Waals surface area contributed by atoms with Gasteiger partial charge in [0.1, 0.15) is 0 Å². The molecule has 1 N–H and O–H groups in total. The van der Waals surface area contributed by atoms with Crippen LogP contribution >= 0.6 is 22.7 Å². The molecule has 0 spiro atoms. The molecule has 120 valence electrons. The van der Waals surface area contributed by atoms with Crippen LogP contribution in [0.4, 0.5) is 0 Å². The van der Waals surface area contributed by atoms with E-state index < -0.39 is 0 Å². The minimum absolute atomic E-state index is 0.0385. The van der Waals surface area contributed by atoms with Gasteiger partial charge in [-0.3, -0.25) is 9.59 Å². The maximum Gasteiger partial charge on any atom is 0.244 e. The van der Waals surface area contributed by atoms with Gasteiger partial charge in [-0.05, 0) is 35.2 Å². The predicted octanol–water partition coefficient (Wildman–Crippen LogP) is 4.37. The van der Waals surface area contributed by atoms with Gasteiger partial charge in [-0.25, -0.2) is 0 Å². The molecule has 1 amide bonds. The fourth-order valence-electron chi connectivity index (χ4n) is 2.09. The Morgan fingerprint density at radius 1 is 0.958 bits per heavy atom. The van der Waals surface area contributed by atoms with Crippen LogP contribution in [0.25, 0.3) is 6.08 Å². The van der Waals surface area contributed by atoms with E-state index in [0.717, 1.165) is 15.3 Å². The first-order valence-electron chi connectivity index (χ1n) is 7.40. The van der Waals surface area contributed by atoms with E-state index in [-0.39, 0.29) is 11.7 Å². The summed E-state index contributed by atoms with van der Waals surface area (Å²) in [6, 6.07) is 17.0. The second-order valence-electron chi connectivity index (χ2n) is 5.03. The molecule has 0 saturated carbocycles. The smallest absolute Gasteiger partial charge is 0.244 e. The molecule has 0 aliphatic heterocycles.